The molecule has 2 aromatic rings. The van der Waals surface area contributed by atoms with Crippen molar-refractivity contribution in [2.75, 3.05) is 4.90 Å². The van der Waals surface area contributed by atoms with E-state index in [2.05, 4.69) is 13.8 Å². The average molecular weight is 352 g/mol. The fourth-order valence-corrected chi connectivity index (χ4v) is 3.75. The Morgan fingerprint density at radius 3 is 2.35 bits per heavy atom. The normalized spacial score (nSPS) is 24.2. The largest absolute Gasteiger partial charge is 0.489 e. The molecule has 0 aliphatic carbocycles. The summed E-state index contributed by atoms with van der Waals surface area (Å²) in [5, 5.41) is 10.6. The molecule has 2 aliphatic rings. The second-order valence-electron chi connectivity index (χ2n) is 7.43. The van der Waals surface area contributed by atoms with Gasteiger partial charge in [-0.25, -0.2) is 4.79 Å². The van der Waals surface area contributed by atoms with E-state index in [0.29, 0.717) is 18.2 Å². The maximum Gasteiger partial charge on any atom is 0.327 e. The Morgan fingerprint density at radius 1 is 1.08 bits per heavy atom. The van der Waals surface area contributed by atoms with E-state index in [4.69, 9.17) is 4.74 Å². The summed E-state index contributed by atoms with van der Waals surface area (Å²) < 4.78 is 5.78. The summed E-state index contributed by atoms with van der Waals surface area (Å²) in [6, 6.07) is 17.3. The quantitative estimate of drug-likeness (QED) is 0.808. The first-order valence-corrected chi connectivity index (χ1v) is 9.12. The van der Waals surface area contributed by atoms with Crippen LogP contribution in [0.1, 0.15) is 25.8 Å². The van der Waals surface area contributed by atoms with Crippen LogP contribution in [0.25, 0.3) is 0 Å². The van der Waals surface area contributed by atoms with Gasteiger partial charge in [-0.3, -0.25) is 4.90 Å². The molecule has 0 saturated carbocycles. The number of ether oxygens (including phenoxy) is 1. The van der Waals surface area contributed by atoms with Gasteiger partial charge >= 0.3 is 6.03 Å². The molecule has 2 aliphatic heterocycles. The number of aliphatic hydroxyl groups is 1. The summed E-state index contributed by atoms with van der Waals surface area (Å²) in [4.78, 5) is 15.9. The van der Waals surface area contributed by atoms with Crippen molar-refractivity contribution in [2.45, 2.75) is 45.2 Å². The summed E-state index contributed by atoms with van der Waals surface area (Å²) in [5.74, 6) is 1.25. The lowest BCUT2D eigenvalue weighted by Crippen LogP contribution is -2.40. The third-order valence-electron chi connectivity index (χ3n) is 5.06. The van der Waals surface area contributed by atoms with Gasteiger partial charge in [0.05, 0.1) is 12.1 Å². The number of hydrogen-bond donors (Lipinski definition) is 1. The van der Waals surface area contributed by atoms with Crippen molar-refractivity contribution in [3.05, 3.63) is 60.2 Å². The van der Waals surface area contributed by atoms with Crippen LogP contribution in [-0.2, 0) is 6.61 Å². The summed E-state index contributed by atoms with van der Waals surface area (Å²) in [7, 11) is 0. The predicted molar refractivity (Wildman–Crippen MR) is 100.0 cm³/mol. The lowest BCUT2D eigenvalue weighted by atomic mass is 10.1. The minimum Gasteiger partial charge on any atom is -0.489 e. The highest BCUT2D eigenvalue weighted by atomic mass is 16.5. The number of aliphatic hydroxyl groups excluding tert-OH is 1. The average Bonchev–Trinajstić information content (AvgIpc) is 3.27. The molecule has 2 amide bonds. The van der Waals surface area contributed by atoms with Crippen LogP contribution in [0, 0.1) is 5.92 Å². The minimum atomic E-state index is -0.776. The third-order valence-corrected chi connectivity index (χ3v) is 5.06. The van der Waals surface area contributed by atoms with Crippen LogP contribution >= 0.6 is 0 Å². The summed E-state index contributed by atoms with van der Waals surface area (Å²) in [5.41, 5.74) is 1.80. The summed E-state index contributed by atoms with van der Waals surface area (Å²) >= 11 is 0. The summed E-state index contributed by atoms with van der Waals surface area (Å²) in [6.07, 6.45) is 0.162. The monoisotopic (exact) mass is 352 g/mol. The highest BCUT2D eigenvalue weighted by Crippen LogP contribution is 2.45. The van der Waals surface area contributed by atoms with Gasteiger partial charge < -0.3 is 14.7 Å². The second kappa shape index (κ2) is 6.65. The van der Waals surface area contributed by atoms with Crippen molar-refractivity contribution in [3.63, 3.8) is 0 Å². The van der Waals surface area contributed by atoms with Gasteiger partial charge in [0.25, 0.3) is 0 Å². The van der Waals surface area contributed by atoms with E-state index in [-0.39, 0.29) is 18.1 Å². The Kier molecular flexibility index (Phi) is 4.32. The number of rotatable bonds is 6. The molecule has 2 fully saturated rings. The molecule has 5 heteroatoms. The molecular weight excluding hydrogens is 328 g/mol. The Balaban J connectivity index is 1.39. The van der Waals surface area contributed by atoms with Crippen LogP contribution < -0.4 is 9.64 Å². The first kappa shape index (κ1) is 16.9. The molecule has 0 radical (unpaired) electrons. The second-order valence-corrected chi connectivity index (χ2v) is 7.43. The zero-order valence-corrected chi connectivity index (χ0v) is 15.1. The van der Waals surface area contributed by atoms with E-state index in [1.807, 2.05) is 54.6 Å². The number of amides is 2. The molecular formula is C21H24N2O3. The summed E-state index contributed by atoms with van der Waals surface area (Å²) in [6.45, 7) is 4.77. The van der Waals surface area contributed by atoms with Crippen LogP contribution in [-0.4, -0.2) is 34.3 Å². The van der Waals surface area contributed by atoms with Gasteiger partial charge in [-0.1, -0.05) is 44.2 Å². The van der Waals surface area contributed by atoms with Crippen molar-refractivity contribution in [1.29, 1.82) is 0 Å². The zero-order chi connectivity index (χ0) is 18.3. The molecule has 4 rings (SSSR count). The number of carbonyl (C=O) groups is 1. The number of carbonyl (C=O) groups excluding carboxylic acids is 1. The number of anilines is 1. The first-order chi connectivity index (χ1) is 12.6. The molecule has 26 heavy (non-hydrogen) atoms. The van der Waals surface area contributed by atoms with Crippen molar-refractivity contribution in [1.82, 2.24) is 4.90 Å². The van der Waals surface area contributed by atoms with E-state index >= 15 is 0 Å². The van der Waals surface area contributed by atoms with Gasteiger partial charge in [-0.2, -0.15) is 0 Å². The molecule has 1 N–H and O–H groups in total. The fraction of sp³-hybridized carbons (Fsp3) is 0.381. The van der Waals surface area contributed by atoms with Gasteiger partial charge in [-0.15, -0.1) is 0 Å². The molecule has 2 saturated heterocycles. The highest BCUT2D eigenvalue weighted by Gasteiger charge is 2.64. The Hall–Kier alpha value is -2.53. The van der Waals surface area contributed by atoms with E-state index in [1.54, 1.807) is 4.90 Å². The smallest absolute Gasteiger partial charge is 0.327 e. The Bertz CT molecular complexity index is 776. The van der Waals surface area contributed by atoms with Crippen molar-refractivity contribution < 1.29 is 14.6 Å². The van der Waals surface area contributed by atoms with E-state index < -0.39 is 6.23 Å². The number of benzene rings is 2. The number of hydrogen-bond acceptors (Lipinski definition) is 3. The molecule has 0 bridgehead atoms. The van der Waals surface area contributed by atoms with Gasteiger partial charge in [0.2, 0.25) is 0 Å². The number of urea groups is 1. The Labute approximate surface area is 153 Å². The van der Waals surface area contributed by atoms with Crippen molar-refractivity contribution >= 4 is 11.7 Å². The first-order valence-electron chi connectivity index (χ1n) is 9.12. The predicted octanol–water partition coefficient (Wildman–Crippen LogP) is 3.62. The Morgan fingerprint density at radius 2 is 1.77 bits per heavy atom. The fourth-order valence-electron chi connectivity index (χ4n) is 3.75. The third kappa shape index (κ3) is 3.03. The minimum absolute atomic E-state index is 0.0705. The van der Waals surface area contributed by atoms with E-state index in [0.717, 1.165) is 17.7 Å². The van der Waals surface area contributed by atoms with E-state index in [9.17, 15) is 9.90 Å². The lowest BCUT2D eigenvalue weighted by molar-refractivity contribution is 0.178. The highest BCUT2D eigenvalue weighted by molar-refractivity contribution is 5.98. The van der Waals surface area contributed by atoms with E-state index in [1.165, 1.54) is 4.90 Å². The molecule has 2 aromatic carbocycles. The van der Waals surface area contributed by atoms with Gasteiger partial charge in [0.1, 0.15) is 12.4 Å². The SMILES string of the molecule is CC(C)C[C@H]1[C@@H]2[C@@H](O)N(c3ccc(OCc4ccccc4)cc3)C(=O)N21. The van der Waals surface area contributed by atoms with Crippen LogP contribution in [0.2, 0.25) is 0 Å². The molecule has 5 nitrogen and oxygen atoms in total. The molecule has 0 spiro atoms. The molecule has 136 valence electrons. The van der Waals surface area contributed by atoms with Gasteiger partial charge in [0, 0.05) is 5.69 Å². The topological polar surface area (TPSA) is 52.8 Å². The van der Waals surface area contributed by atoms with Gasteiger partial charge in [-0.05, 0) is 42.2 Å². The molecule has 2 heterocycles. The molecule has 0 unspecified atom stereocenters. The van der Waals surface area contributed by atoms with Crippen LogP contribution in [0.3, 0.4) is 0 Å². The van der Waals surface area contributed by atoms with Crippen LogP contribution in [0.5, 0.6) is 5.75 Å². The number of fused-ring (bicyclic) bond motifs is 1. The maximum atomic E-state index is 12.6. The number of nitrogens with zero attached hydrogens (tertiary/aromatic N) is 2. The van der Waals surface area contributed by atoms with Crippen molar-refractivity contribution in [2.24, 2.45) is 5.92 Å². The van der Waals surface area contributed by atoms with Gasteiger partial charge in [0.15, 0.2) is 6.23 Å². The maximum absolute atomic E-state index is 12.6. The van der Waals surface area contributed by atoms with Crippen molar-refractivity contribution in [3.8, 4) is 5.75 Å². The standard InChI is InChI=1S/C21H24N2O3/c1-14(2)12-18-19-20(24)22(21(25)23(18)19)16-8-10-17(11-9-16)26-13-15-6-4-3-5-7-15/h3-11,14,18-20,24H,12-13H2,1-2H3/t18-,19+,20+,23?/m0/s1. The van der Waals surface area contributed by atoms with Crippen LogP contribution in [0.15, 0.2) is 54.6 Å². The molecule has 3 atom stereocenters. The lowest BCUT2D eigenvalue weighted by Gasteiger charge is -2.24. The zero-order valence-electron chi connectivity index (χ0n) is 15.1. The van der Waals surface area contributed by atoms with Crippen LogP contribution in [0.4, 0.5) is 10.5 Å². The molecule has 0 aromatic heterocycles.